The van der Waals surface area contributed by atoms with E-state index in [1.165, 1.54) is 18.4 Å². The van der Waals surface area contributed by atoms with Crippen LogP contribution in [0.2, 0.25) is 0 Å². The first-order valence-electron chi connectivity index (χ1n) is 7.01. The molecule has 0 radical (unpaired) electrons. The van der Waals surface area contributed by atoms with Gasteiger partial charge in [0, 0.05) is 12.5 Å². The minimum absolute atomic E-state index is 0.574. The molecular weight excluding hydrogens is 316 g/mol. The molecule has 2 aromatic rings. The first-order valence-corrected chi connectivity index (χ1v) is 7.80. The van der Waals surface area contributed by atoms with E-state index >= 15 is 0 Å². The van der Waals surface area contributed by atoms with Crippen molar-refractivity contribution >= 4 is 15.9 Å². The summed E-state index contributed by atoms with van der Waals surface area (Å²) in [7, 11) is 0. The minimum Gasteiger partial charge on any atom is -0.439 e. The fourth-order valence-corrected chi connectivity index (χ4v) is 2.28. The van der Waals surface area contributed by atoms with Crippen LogP contribution in [0.4, 0.5) is 0 Å². The summed E-state index contributed by atoms with van der Waals surface area (Å²) in [5.74, 6) is 2.15. The Kier molecular flexibility index (Phi) is 5.53. The van der Waals surface area contributed by atoms with Gasteiger partial charge in [-0.3, -0.25) is 0 Å². The molecule has 0 aliphatic carbocycles. The maximum atomic E-state index is 5.78. The number of unbranched alkanes of at least 4 members (excludes halogenated alkanes) is 1. The number of hydrogen-bond acceptors (Lipinski definition) is 3. The normalized spacial score (nSPS) is 10.6. The van der Waals surface area contributed by atoms with Crippen LogP contribution in [0.25, 0.3) is 0 Å². The largest absolute Gasteiger partial charge is 0.439 e. The second-order valence-electron chi connectivity index (χ2n) is 4.65. The fourth-order valence-electron chi connectivity index (χ4n) is 1.88. The van der Waals surface area contributed by atoms with Crippen LogP contribution < -0.4 is 4.74 Å². The number of aromatic nitrogens is 2. The summed E-state index contributed by atoms with van der Waals surface area (Å²) in [6, 6.07) is 9.99. The predicted octanol–water partition coefficient (Wildman–Crippen LogP) is 4.94. The van der Waals surface area contributed by atoms with Crippen LogP contribution in [0.1, 0.15) is 38.1 Å². The smallest absolute Gasteiger partial charge is 0.223 e. The van der Waals surface area contributed by atoms with Crippen molar-refractivity contribution in [1.29, 1.82) is 0 Å². The molecule has 0 saturated carbocycles. The van der Waals surface area contributed by atoms with Crippen molar-refractivity contribution in [2.45, 2.75) is 39.5 Å². The molecule has 1 heterocycles. The summed E-state index contributed by atoms with van der Waals surface area (Å²) < 4.78 is 6.53. The van der Waals surface area contributed by atoms with E-state index in [2.05, 4.69) is 45.0 Å². The van der Waals surface area contributed by atoms with Gasteiger partial charge in [-0.05, 0) is 46.5 Å². The highest BCUT2D eigenvalue weighted by Gasteiger charge is 2.04. The molecule has 1 aromatic heterocycles. The van der Waals surface area contributed by atoms with Crippen molar-refractivity contribution in [2.24, 2.45) is 0 Å². The summed E-state index contributed by atoms with van der Waals surface area (Å²) in [5, 5.41) is 0. The molecule has 1 aromatic carbocycles. The maximum absolute atomic E-state index is 5.78. The molecule has 0 bridgehead atoms. The molecule has 0 spiro atoms. The highest BCUT2D eigenvalue weighted by molar-refractivity contribution is 9.10. The fraction of sp³-hybridized carbons (Fsp3) is 0.375. The number of benzene rings is 1. The van der Waals surface area contributed by atoms with Gasteiger partial charge in [0.2, 0.25) is 5.88 Å². The Hall–Kier alpha value is -1.42. The quantitative estimate of drug-likeness (QED) is 0.702. The molecule has 20 heavy (non-hydrogen) atoms. The van der Waals surface area contributed by atoms with Gasteiger partial charge >= 0.3 is 0 Å². The van der Waals surface area contributed by atoms with Crippen LogP contribution in [0.3, 0.4) is 0 Å². The molecule has 0 unspecified atom stereocenters. The Balaban J connectivity index is 2.07. The average molecular weight is 335 g/mol. The van der Waals surface area contributed by atoms with E-state index in [0.717, 1.165) is 29.0 Å². The zero-order chi connectivity index (χ0) is 14.4. The molecule has 0 aliphatic heterocycles. The Labute approximate surface area is 128 Å². The molecule has 2 rings (SSSR count). The number of nitrogens with zero attached hydrogens (tertiary/aromatic N) is 2. The molecule has 0 amide bonds. The van der Waals surface area contributed by atoms with Gasteiger partial charge in [-0.1, -0.05) is 32.4 Å². The van der Waals surface area contributed by atoms with Gasteiger partial charge in [-0.25, -0.2) is 4.98 Å². The lowest BCUT2D eigenvalue weighted by molar-refractivity contribution is 0.458. The van der Waals surface area contributed by atoms with Crippen molar-refractivity contribution in [2.75, 3.05) is 0 Å². The Bertz CT molecular complexity index is 555. The van der Waals surface area contributed by atoms with E-state index in [1.54, 1.807) is 6.07 Å². The molecule has 0 saturated heterocycles. The van der Waals surface area contributed by atoms with Crippen LogP contribution in [0, 0.1) is 0 Å². The second kappa shape index (κ2) is 7.39. The van der Waals surface area contributed by atoms with Crippen molar-refractivity contribution in [1.82, 2.24) is 9.97 Å². The molecule has 0 aliphatic rings. The number of aryl methyl sites for hydroxylation is 2. The van der Waals surface area contributed by atoms with E-state index in [4.69, 9.17) is 4.74 Å². The Morgan fingerprint density at radius 2 is 1.85 bits per heavy atom. The molecule has 0 fully saturated rings. The van der Waals surface area contributed by atoms with Crippen LogP contribution in [0.15, 0.2) is 34.9 Å². The maximum Gasteiger partial charge on any atom is 0.223 e. The predicted molar refractivity (Wildman–Crippen MR) is 84.2 cm³/mol. The lowest BCUT2D eigenvalue weighted by Crippen LogP contribution is -1.96. The monoisotopic (exact) mass is 334 g/mol. The first-order chi connectivity index (χ1) is 9.71. The second-order valence-corrected chi connectivity index (χ2v) is 5.46. The third-order valence-electron chi connectivity index (χ3n) is 3.00. The van der Waals surface area contributed by atoms with Gasteiger partial charge in [0.15, 0.2) is 0 Å². The molecule has 3 nitrogen and oxygen atoms in total. The van der Waals surface area contributed by atoms with E-state index in [9.17, 15) is 0 Å². The molecule has 0 atom stereocenters. The van der Waals surface area contributed by atoms with Crippen molar-refractivity contribution in [3.8, 4) is 11.6 Å². The first kappa shape index (κ1) is 15.0. The lowest BCUT2D eigenvalue weighted by atomic mass is 10.1. The van der Waals surface area contributed by atoms with Crippen LogP contribution in [-0.2, 0) is 12.8 Å². The summed E-state index contributed by atoms with van der Waals surface area (Å²) in [4.78, 5) is 8.62. The van der Waals surface area contributed by atoms with E-state index in [-0.39, 0.29) is 0 Å². The number of rotatable bonds is 6. The van der Waals surface area contributed by atoms with Crippen molar-refractivity contribution in [3.05, 3.63) is 46.3 Å². The van der Waals surface area contributed by atoms with Crippen molar-refractivity contribution < 1.29 is 4.74 Å². The van der Waals surface area contributed by atoms with E-state index in [1.807, 2.05) is 19.1 Å². The average Bonchev–Trinajstić information content (AvgIpc) is 2.46. The highest BCUT2D eigenvalue weighted by Crippen LogP contribution is 2.22. The van der Waals surface area contributed by atoms with E-state index < -0.39 is 0 Å². The highest BCUT2D eigenvalue weighted by atomic mass is 79.9. The van der Waals surface area contributed by atoms with Gasteiger partial charge in [-0.2, -0.15) is 4.98 Å². The summed E-state index contributed by atoms with van der Waals surface area (Å²) in [6.07, 6.45) is 4.34. The van der Waals surface area contributed by atoms with Gasteiger partial charge in [0.25, 0.3) is 0 Å². The summed E-state index contributed by atoms with van der Waals surface area (Å²) in [6.45, 7) is 4.23. The molecule has 106 valence electrons. The standard InChI is InChI=1S/C16H19BrN2O/c1-3-5-6-12-7-9-13(10-8-12)20-16-11-14(17)18-15(4-2)19-16/h7-11H,3-6H2,1-2H3. The summed E-state index contributed by atoms with van der Waals surface area (Å²) >= 11 is 3.38. The van der Waals surface area contributed by atoms with Gasteiger partial charge in [0.1, 0.15) is 16.2 Å². The van der Waals surface area contributed by atoms with Gasteiger partial charge in [-0.15, -0.1) is 0 Å². The van der Waals surface area contributed by atoms with Crippen LogP contribution in [0.5, 0.6) is 11.6 Å². The summed E-state index contributed by atoms with van der Waals surface area (Å²) in [5.41, 5.74) is 1.34. The van der Waals surface area contributed by atoms with Crippen LogP contribution in [-0.4, -0.2) is 9.97 Å². The molecular formula is C16H19BrN2O. The molecule has 0 N–H and O–H groups in total. The zero-order valence-electron chi connectivity index (χ0n) is 11.9. The minimum atomic E-state index is 0.574. The number of ether oxygens (including phenoxy) is 1. The van der Waals surface area contributed by atoms with Gasteiger partial charge in [0.05, 0.1) is 0 Å². The Morgan fingerprint density at radius 3 is 2.50 bits per heavy atom. The SMILES string of the molecule is CCCCc1ccc(Oc2cc(Br)nc(CC)n2)cc1. The third kappa shape index (κ3) is 4.30. The number of hydrogen-bond donors (Lipinski definition) is 0. The van der Waals surface area contributed by atoms with Crippen molar-refractivity contribution in [3.63, 3.8) is 0 Å². The van der Waals surface area contributed by atoms with Crippen LogP contribution >= 0.6 is 15.9 Å². The topological polar surface area (TPSA) is 35.0 Å². The Morgan fingerprint density at radius 1 is 1.10 bits per heavy atom. The zero-order valence-corrected chi connectivity index (χ0v) is 13.5. The lowest BCUT2D eigenvalue weighted by Gasteiger charge is -2.07. The number of halogens is 1. The third-order valence-corrected chi connectivity index (χ3v) is 3.40. The molecule has 4 heteroatoms. The van der Waals surface area contributed by atoms with Gasteiger partial charge < -0.3 is 4.74 Å². The van der Waals surface area contributed by atoms with E-state index in [0.29, 0.717) is 5.88 Å².